The lowest BCUT2D eigenvalue weighted by molar-refractivity contribution is -0.135. The van der Waals surface area contributed by atoms with Gasteiger partial charge in [-0.15, -0.1) is 0 Å². The van der Waals surface area contributed by atoms with E-state index in [0.29, 0.717) is 23.6 Å². The summed E-state index contributed by atoms with van der Waals surface area (Å²) in [5.41, 5.74) is 0.615. The number of hydrazone groups is 1. The van der Waals surface area contributed by atoms with E-state index in [4.69, 9.17) is 11.7 Å². The first-order valence-corrected chi connectivity index (χ1v) is 12.9. The normalized spacial score (nSPS) is 40.1. The number of hydrogen-bond acceptors (Lipinski definition) is 4. The van der Waals surface area contributed by atoms with E-state index in [-0.39, 0.29) is 17.7 Å². The molecule has 0 aromatic heterocycles. The summed E-state index contributed by atoms with van der Waals surface area (Å²) >= 11 is 0. The summed E-state index contributed by atoms with van der Waals surface area (Å²) in [5, 5.41) is 4.99. The molecule has 5 nitrogen and oxygen atoms in total. The zero-order valence-electron chi connectivity index (χ0n) is 21.4. The van der Waals surface area contributed by atoms with Crippen molar-refractivity contribution in [1.82, 2.24) is 5.01 Å². The highest BCUT2D eigenvalue weighted by Crippen LogP contribution is 2.64. The molecule has 0 aromatic carbocycles. The molecule has 0 bridgehead atoms. The molecule has 4 N–H and O–H groups in total. The minimum atomic E-state index is 0.0900. The molecular weight excluding hydrogens is 384 g/mol. The zero-order valence-corrected chi connectivity index (χ0v) is 21.4. The van der Waals surface area contributed by atoms with Crippen LogP contribution >= 0.6 is 0 Å². The topological polar surface area (TPSA) is 84.7 Å². The van der Waals surface area contributed by atoms with E-state index < -0.39 is 0 Å². The third-order valence-electron chi connectivity index (χ3n) is 9.44. The number of rotatable bonds is 5. The van der Waals surface area contributed by atoms with E-state index in [0.717, 1.165) is 23.7 Å². The second-order valence-corrected chi connectivity index (χ2v) is 11.2. The van der Waals surface area contributed by atoms with Gasteiger partial charge in [0.2, 0.25) is 0 Å². The molecule has 31 heavy (non-hydrogen) atoms. The summed E-state index contributed by atoms with van der Waals surface area (Å²) in [4.78, 5) is 12.9. The third kappa shape index (κ3) is 5.29. The van der Waals surface area contributed by atoms with Gasteiger partial charge in [0.25, 0.3) is 0 Å². The molecule has 3 aliphatic carbocycles. The lowest BCUT2D eigenvalue weighted by Gasteiger charge is -2.61. The number of Topliss-reactive ketones (excluding diaryl/α,β-unsaturated/α-hetero) is 1. The van der Waals surface area contributed by atoms with E-state index in [1.165, 1.54) is 56.4 Å². The molecule has 0 saturated heterocycles. The van der Waals surface area contributed by atoms with Crippen molar-refractivity contribution in [3.63, 3.8) is 0 Å². The number of nitrogens with zero attached hydrogens (tertiary/aromatic N) is 2. The lowest BCUT2D eigenvalue weighted by atomic mass is 9.43. The van der Waals surface area contributed by atoms with Crippen LogP contribution in [0.15, 0.2) is 5.10 Å². The average Bonchev–Trinajstić information content (AvgIpc) is 2.74. The molecule has 3 fully saturated rings. The summed E-state index contributed by atoms with van der Waals surface area (Å²) in [7, 11) is 0. The molecule has 0 amide bonds. The van der Waals surface area contributed by atoms with Crippen molar-refractivity contribution in [3.8, 4) is 0 Å². The van der Waals surface area contributed by atoms with Crippen molar-refractivity contribution in [3.05, 3.63) is 0 Å². The van der Waals surface area contributed by atoms with Crippen LogP contribution < -0.4 is 11.7 Å². The number of fused-ring (bicyclic) bond motifs is 3. The molecule has 3 saturated carbocycles. The number of ketones is 1. The molecule has 0 heterocycles. The Labute approximate surface area is 191 Å². The van der Waals surface area contributed by atoms with Crippen LogP contribution in [-0.2, 0) is 4.79 Å². The Kier molecular flexibility index (Phi) is 9.01. The van der Waals surface area contributed by atoms with Gasteiger partial charge in [-0.3, -0.25) is 9.80 Å². The Morgan fingerprint density at radius 3 is 2.42 bits per heavy atom. The highest BCUT2D eigenvalue weighted by Gasteiger charge is 2.56. The first kappa shape index (κ1) is 26.2. The van der Waals surface area contributed by atoms with Crippen LogP contribution in [0.1, 0.15) is 106 Å². The Morgan fingerprint density at radius 1 is 1.13 bits per heavy atom. The molecule has 0 spiro atoms. The largest absolute Gasteiger partial charge is 0.322 e. The molecule has 7 atom stereocenters. The van der Waals surface area contributed by atoms with Crippen molar-refractivity contribution in [2.75, 3.05) is 6.54 Å². The molecule has 0 aromatic rings. The molecule has 3 rings (SSSR count). The van der Waals surface area contributed by atoms with Gasteiger partial charge < -0.3 is 5.84 Å². The highest BCUT2D eigenvalue weighted by molar-refractivity contribution is 5.87. The van der Waals surface area contributed by atoms with Crippen molar-refractivity contribution in [2.45, 2.75) is 106 Å². The van der Waals surface area contributed by atoms with Gasteiger partial charge in [-0.05, 0) is 85.9 Å². The monoisotopic (exact) mass is 434 g/mol. The lowest BCUT2D eigenvalue weighted by Crippen LogP contribution is -2.54. The van der Waals surface area contributed by atoms with Crippen molar-refractivity contribution in [1.29, 1.82) is 0 Å². The molecule has 7 unspecified atom stereocenters. The van der Waals surface area contributed by atoms with Crippen molar-refractivity contribution in [2.24, 2.45) is 57.2 Å². The van der Waals surface area contributed by atoms with Crippen LogP contribution in [0.4, 0.5) is 0 Å². The van der Waals surface area contributed by atoms with Gasteiger partial charge in [0, 0.05) is 6.42 Å². The van der Waals surface area contributed by atoms with Gasteiger partial charge in [0.15, 0.2) is 5.78 Å². The first-order valence-electron chi connectivity index (χ1n) is 12.9. The van der Waals surface area contributed by atoms with Gasteiger partial charge in [0.1, 0.15) is 5.84 Å². The van der Waals surface area contributed by atoms with Crippen LogP contribution in [0.25, 0.3) is 0 Å². The van der Waals surface area contributed by atoms with Crippen molar-refractivity contribution < 1.29 is 4.79 Å². The molecule has 5 heteroatoms. The van der Waals surface area contributed by atoms with E-state index >= 15 is 0 Å². The summed E-state index contributed by atoms with van der Waals surface area (Å²) in [5.74, 6) is 16.0. The number of nitrogens with two attached hydrogens (primary N) is 2. The summed E-state index contributed by atoms with van der Waals surface area (Å²) in [6, 6.07) is 0. The van der Waals surface area contributed by atoms with E-state index in [9.17, 15) is 4.79 Å². The third-order valence-corrected chi connectivity index (χ3v) is 9.44. The number of hydrazine groups is 1. The van der Waals surface area contributed by atoms with Crippen LogP contribution in [0, 0.1) is 40.4 Å². The summed E-state index contributed by atoms with van der Waals surface area (Å²) < 4.78 is 0. The van der Waals surface area contributed by atoms with Crippen LogP contribution in [0.5, 0.6) is 0 Å². The molecule has 180 valence electrons. The maximum Gasteiger partial charge on any atom is 0.154 e. The maximum atomic E-state index is 12.9. The van der Waals surface area contributed by atoms with E-state index in [1.807, 2.05) is 13.8 Å². The molecular formula is C26H50N4O. The minimum Gasteiger partial charge on any atom is -0.322 e. The Morgan fingerprint density at radius 2 is 1.81 bits per heavy atom. The SMILES string of the molecule is CC.CCC1C2CCC3CC(C)CCC3(C)C2CCC1(C)CC(=O)CN(N)/C(C)=N\N. The molecule has 0 aliphatic heterocycles. The second-order valence-electron chi connectivity index (χ2n) is 11.2. The average molecular weight is 435 g/mol. The van der Waals surface area contributed by atoms with Gasteiger partial charge in [-0.25, -0.2) is 5.84 Å². The molecule has 3 aliphatic rings. The zero-order chi connectivity index (χ0) is 23.4. The van der Waals surface area contributed by atoms with E-state index in [2.05, 4.69) is 32.8 Å². The number of amidine groups is 1. The minimum absolute atomic E-state index is 0.0900. The summed E-state index contributed by atoms with van der Waals surface area (Å²) in [6.07, 6.45) is 11.3. The quantitative estimate of drug-likeness (QED) is 0.250. The fraction of sp³-hybridized carbons (Fsp3) is 0.923. The van der Waals surface area contributed by atoms with Gasteiger partial charge >= 0.3 is 0 Å². The number of hydrogen-bond donors (Lipinski definition) is 2. The van der Waals surface area contributed by atoms with Gasteiger partial charge in [-0.2, -0.15) is 5.10 Å². The second kappa shape index (κ2) is 10.7. The first-order chi connectivity index (χ1) is 14.6. The Hall–Kier alpha value is -1.10. The number of carbonyl (C=O) groups excluding carboxylic acids is 1. The van der Waals surface area contributed by atoms with E-state index in [1.54, 1.807) is 6.92 Å². The smallest absolute Gasteiger partial charge is 0.154 e. The van der Waals surface area contributed by atoms with Crippen LogP contribution in [0.3, 0.4) is 0 Å². The maximum absolute atomic E-state index is 12.9. The predicted octanol–water partition coefficient (Wildman–Crippen LogP) is 5.73. The Bertz CT molecular complexity index is 635. The number of carbonyl (C=O) groups is 1. The standard InChI is InChI=1S/C24H44N4O.C2H6/c1-6-21-20-8-7-18-13-16(2)9-12-24(18,5)22(20)10-11-23(21,4)14-19(29)15-28(26)17(3)27-25;1-2/h16,18,20-22H,6-15,25-26H2,1-5H3;1-2H3/b27-17-;. The van der Waals surface area contributed by atoms with Crippen LogP contribution in [-0.4, -0.2) is 23.2 Å². The van der Waals surface area contributed by atoms with Gasteiger partial charge in [-0.1, -0.05) is 54.4 Å². The fourth-order valence-corrected chi connectivity index (χ4v) is 7.77. The Balaban J connectivity index is 0.00000166. The van der Waals surface area contributed by atoms with Crippen LogP contribution in [0.2, 0.25) is 0 Å². The van der Waals surface area contributed by atoms with Gasteiger partial charge in [0.05, 0.1) is 6.54 Å². The molecule has 0 radical (unpaired) electrons. The summed E-state index contributed by atoms with van der Waals surface area (Å²) in [6.45, 7) is 15.7. The highest BCUT2D eigenvalue weighted by atomic mass is 16.1. The predicted molar refractivity (Wildman–Crippen MR) is 131 cm³/mol. The fourth-order valence-electron chi connectivity index (χ4n) is 7.77. The van der Waals surface area contributed by atoms with Crippen molar-refractivity contribution >= 4 is 11.6 Å².